The van der Waals surface area contributed by atoms with Gasteiger partial charge in [-0.3, -0.25) is 27.3 Å². The highest BCUT2D eigenvalue weighted by atomic mass is 32.2. The van der Waals surface area contributed by atoms with E-state index in [1.165, 1.54) is 0 Å². The Labute approximate surface area is 80.7 Å². The van der Waals surface area contributed by atoms with Gasteiger partial charge in [0.15, 0.2) is 0 Å². The van der Waals surface area contributed by atoms with Crippen molar-refractivity contribution in [3.8, 4) is 0 Å². The zero-order valence-corrected chi connectivity index (χ0v) is 8.29. The monoisotopic (exact) mass is 263 g/mol. The molecule has 0 radical (unpaired) electrons. The fourth-order valence-corrected chi connectivity index (χ4v) is 0. The normalized spacial score (nSPS) is 8.08. The molecule has 0 heterocycles. The molecule has 0 aromatic rings. The third kappa shape index (κ3) is 43600. The average molecular weight is 263 g/mol. The Bertz CT molecular complexity index is 112. The maximum absolute atomic E-state index is 8.67. The molecule has 0 rings (SSSR count). The van der Waals surface area contributed by atoms with E-state index in [0.717, 1.165) is 0 Å². The molecule has 0 aliphatic rings. The Balaban J connectivity index is -0.0000000450. The highest BCUT2D eigenvalue weighted by molar-refractivity contribution is 7.73. The van der Waals surface area contributed by atoms with Crippen molar-refractivity contribution in [2.24, 2.45) is 0 Å². The molecule has 0 saturated heterocycles. The maximum atomic E-state index is 8.67. The molecule has 10 nitrogen and oxygen atoms in total. The van der Waals surface area contributed by atoms with Gasteiger partial charge in [-0.05, 0) is 0 Å². The van der Waals surface area contributed by atoms with Gasteiger partial charge in [0.05, 0.1) is 0 Å². The number of hydrogen-bond donors (Lipinski definition) is 7. The van der Waals surface area contributed by atoms with Crippen LogP contribution in [0.4, 0.5) is 0 Å². The standard InChI is InChI=1S/H3N.3H2O3S/c;3*1-4(2)3/h1H3;3*(H2,1,2,3). The van der Waals surface area contributed by atoms with Crippen LogP contribution in [0.1, 0.15) is 0 Å². The Morgan fingerprint density at radius 1 is 0.538 bits per heavy atom. The van der Waals surface area contributed by atoms with Crippen molar-refractivity contribution >= 4 is 34.1 Å². The second kappa shape index (κ2) is 18.1. The minimum Gasteiger partial charge on any atom is -0.344 e. The van der Waals surface area contributed by atoms with E-state index in [-0.39, 0.29) is 6.15 Å². The molecule has 0 bridgehead atoms. The molecule has 9 N–H and O–H groups in total. The summed E-state index contributed by atoms with van der Waals surface area (Å²) < 4.78 is 68.5. The van der Waals surface area contributed by atoms with E-state index in [1.807, 2.05) is 0 Å². The van der Waals surface area contributed by atoms with Crippen LogP contribution in [0.2, 0.25) is 0 Å². The molecule has 0 aliphatic heterocycles. The maximum Gasteiger partial charge on any atom is 0.299 e. The molecule has 0 unspecified atom stereocenters. The van der Waals surface area contributed by atoms with E-state index in [0.29, 0.717) is 0 Å². The van der Waals surface area contributed by atoms with Crippen molar-refractivity contribution in [3.63, 3.8) is 0 Å². The van der Waals surface area contributed by atoms with Gasteiger partial charge >= 0.3 is 0 Å². The van der Waals surface area contributed by atoms with Gasteiger partial charge in [-0.15, -0.1) is 0 Å². The van der Waals surface area contributed by atoms with Gasteiger partial charge in [0.1, 0.15) is 0 Å². The van der Waals surface area contributed by atoms with E-state index in [9.17, 15) is 0 Å². The summed E-state index contributed by atoms with van der Waals surface area (Å²) in [7, 11) is 0. The SMILES string of the molecule is N.O=S(O)O.O=S(O)O.O=S(O)O. The van der Waals surface area contributed by atoms with E-state index in [4.69, 9.17) is 39.9 Å². The van der Waals surface area contributed by atoms with Crippen molar-refractivity contribution in [2.75, 3.05) is 0 Å². The second-order valence-electron chi connectivity index (χ2n) is 0.692. The van der Waals surface area contributed by atoms with Crippen LogP contribution in [0.15, 0.2) is 0 Å². The fraction of sp³-hybridized carbons (Fsp3) is 0. The fourth-order valence-electron chi connectivity index (χ4n) is 0. The summed E-state index contributed by atoms with van der Waals surface area (Å²) in [5, 5.41) is 0. The molecule has 0 spiro atoms. The van der Waals surface area contributed by atoms with Crippen molar-refractivity contribution in [3.05, 3.63) is 0 Å². The quantitative estimate of drug-likeness (QED) is 0.270. The first-order valence-corrected chi connectivity index (χ1v) is 4.79. The van der Waals surface area contributed by atoms with Crippen LogP contribution in [-0.4, -0.2) is 39.9 Å². The van der Waals surface area contributed by atoms with Crippen LogP contribution >= 0.6 is 0 Å². The lowest BCUT2D eigenvalue weighted by molar-refractivity contribution is 0.452. The van der Waals surface area contributed by atoms with Crippen LogP contribution < -0.4 is 6.15 Å². The minimum absolute atomic E-state index is 0. The molecule has 0 aromatic carbocycles. The minimum atomic E-state index is -2.61. The summed E-state index contributed by atoms with van der Waals surface area (Å²) in [6, 6.07) is 0. The number of rotatable bonds is 0. The van der Waals surface area contributed by atoms with Crippen molar-refractivity contribution in [1.82, 2.24) is 6.15 Å². The molecule has 13 heavy (non-hydrogen) atoms. The predicted molar refractivity (Wildman–Crippen MR) is 45.2 cm³/mol. The molecular weight excluding hydrogens is 254 g/mol. The Kier molecular flexibility index (Phi) is 32.2. The molecule has 86 valence electrons. The van der Waals surface area contributed by atoms with E-state index < -0.39 is 34.1 Å². The molecule has 13 heteroatoms. The van der Waals surface area contributed by atoms with E-state index >= 15 is 0 Å². The molecule has 0 amide bonds. The summed E-state index contributed by atoms with van der Waals surface area (Å²) in [4.78, 5) is 0. The summed E-state index contributed by atoms with van der Waals surface area (Å²) in [6.45, 7) is 0. The van der Waals surface area contributed by atoms with Crippen molar-refractivity contribution in [2.45, 2.75) is 0 Å². The first-order valence-electron chi connectivity index (χ1n) is 1.60. The lowest BCUT2D eigenvalue weighted by atomic mass is 14.0. The average Bonchev–Trinajstić information content (AvgIpc) is 1.54. The molecule has 0 aromatic heterocycles. The smallest absolute Gasteiger partial charge is 0.299 e. The Morgan fingerprint density at radius 2 is 0.538 bits per heavy atom. The number of hydrogen-bond acceptors (Lipinski definition) is 4. The first kappa shape index (κ1) is 23.2. The van der Waals surface area contributed by atoms with Crippen LogP contribution in [0.25, 0.3) is 0 Å². The van der Waals surface area contributed by atoms with Gasteiger partial charge < -0.3 is 6.15 Å². The van der Waals surface area contributed by atoms with E-state index in [1.54, 1.807) is 0 Å². The summed E-state index contributed by atoms with van der Waals surface area (Å²) in [5.74, 6) is 0. The molecule has 0 saturated carbocycles. The highest BCUT2D eigenvalue weighted by Crippen LogP contribution is 1.45. The summed E-state index contributed by atoms with van der Waals surface area (Å²) >= 11 is -7.83. The Morgan fingerprint density at radius 3 is 0.538 bits per heavy atom. The van der Waals surface area contributed by atoms with Crippen molar-refractivity contribution < 1.29 is 39.9 Å². The highest BCUT2D eigenvalue weighted by Gasteiger charge is 1.63. The lowest BCUT2D eigenvalue weighted by Crippen LogP contribution is -1.74. The van der Waals surface area contributed by atoms with Gasteiger partial charge in [0.2, 0.25) is 0 Å². The third-order valence-corrected chi connectivity index (χ3v) is 0. The Hall–Kier alpha value is 0.170. The zero-order chi connectivity index (χ0) is 10.7. The zero-order valence-electron chi connectivity index (χ0n) is 5.84. The lowest BCUT2D eigenvalue weighted by Gasteiger charge is -1.59. The van der Waals surface area contributed by atoms with Gasteiger partial charge in [-0.1, -0.05) is 0 Å². The van der Waals surface area contributed by atoms with Crippen LogP contribution in [0, 0.1) is 0 Å². The molecule has 0 atom stereocenters. The predicted octanol–water partition coefficient (Wildman–Crippen LogP) is -0.795. The van der Waals surface area contributed by atoms with Crippen LogP contribution in [0.5, 0.6) is 0 Å². The van der Waals surface area contributed by atoms with Gasteiger partial charge in [0, 0.05) is 0 Å². The first-order chi connectivity index (χ1) is 5.20. The molecule has 0 fully saturated rings. The summed E-state index contributed by atoms with van der Waals surface area (Å²) in [6.07, 6.45) is 0. The van der Waals surface area contributed by atoms with E-state index in [2.05, 4.69) is 0 Å². The van der Waals surface area contributed by atoms with Gasteiger partial charge in [-0.2, -0.15) is 12.6 Å². The topological polar surface area (TPSA) is 208 Å². The third-order valence-electron chi connectivity index (χ3n) is 0. The molecular formula is H9NO9S3. The van der Waals surface area contributed by atoms with Crippen LogP contribution in [-0.2, 0) is 34.1 Å². The largest absolute Gasteiger partial charge is 0.344 e. The van der Waals surface area contributed by atoms with Gasteiger partial charge in [-0.25, -0.2) is 0 Å². The van der Waals surface area contributed by atoms with Crippen molar-refractivity contribution in [1.29, 1.82) is 0 Å². The molecule has 0 aliphatic carbocycles. The van der Waals surface area contributed by atoms with Crippen LogP contribution in [0.3, 0.4) is 0 Å². The summed E-state index contributed by atoms with van der Waals surface area (Å²) in [5.41, 5.74) is 0. The van der Waals surface area contributed by atoms with Gasteiger partial charge in [0.25, 0.3) is 34.1 Å². The second-order valence-corrected chi connectivity index (χ2v) is 2.08.